The molecule has 0 aliphatic rings. The van der Waals surface area contributed by atoms with Crippen molar-refractivity contribution in [2.24, 2.45) is 0 Å². The van der Waals surface area contributed by atoms with Gasteiger partial charge in [-0.1, -0.05) is 23.7 Å². The predicted octanol–water partition coefficient (Wildman–Crippen LogP) is 4.46. The van der Waals surface area contributed by atoms with Crippen molar-refractivity contribution in [2.45, 2.75) is 6.10 Å². The van der Waals surface area contributed by atoms with Gasteiger partial charge in [0.25, 0.3) is 0 Å². The third kappa shape index (κ3) is 3.93. The van der Waals surface area contributed by atoms with E-state index in [4.69, 9.17) is 21.4 Å². The number of hydrogen-bond donors (Lipinski definition) is 2. The fourth-order valence-electron chi connectivity index (χ4n) is 2.99. The summed E-state index contributed by atoms with van der Waals surface area (Å²) in [6.45, 7) is 0. The normalized spacial score (nSPS) is 12.3. The number of carboxylic acids is 1. The summed E-state index contributed by atoms with van der Waals surface area (Å²) in [5.74, 6) is -1.72. The van der Waals surface area contributed by atoms with Crippen LogP contribution >= 0.6 is 11.6 Å². The molecule has 28 heavy (non-hydrogen) atoms. The first-order valence-electron chi connectivity index (χ1n) is 8.31. The van der Waals surface area contributed by atoms with Gasteiger partial charge in [0.2, 0.25) is 0 Å². The molecule has 1 aromatic heterocycles. The summed E-state index contributed by atoms with van der Waals surface area (Å²) in [5.41, 5.74) is 1.82. The fraction of sp³-hybridized carbons (Fsp3) is 0.0952. The number of rotatable bonds is 6. The van der Waals surface area contributed by atoms with Gasteiger partial charge in [0.1, 0.15) is 6.10 Å². The molecule has 5 nitrogen and oxygen atoms in total. The van der Waals surface area contributed by atoms with E-state index in [9.17, 15) is 14.3 Å². The molecule has 0 bridgehead atoms. The lowest BCUT2D eigenvalue weighted by atomic mass is 9.98. The number of para-hydroxylation sites is 1. The number of ether oxygens (including phenoxy) is 1. The van der Waals surface area contributed by atoms with Crippen molar-refractivity contribution in [1.82, 2.24) is 4.57 Å². The Morgan fingerprint density at radius 3 is 2.71 bits per heavy atom. The van der Waals surface area contributed by atoms with E-state index in [0.717, 1.165) is 6.08 Å². The van der Waals surface area contributed by atoms with Gasteiger partial charge < -0.3 is 19.5 Å². The van der Waals surface area contributed by atoms with Gasteiger partial charge >= 0.3 is 5.97 Å². The summed E-state index contributed by atoms with van der Waals surface area (Å²) in [7, 11) is 1.33. The molecule has 0 fully saturated rings. The smallest absolute Gasteiger partial charge is 0.328 e. The molecule has 2 aromatic carbocycles. The number of aromatic nitrogens is 1. The molecule has 0 saturated heterocycles. The number of aliphatic carboxylic acids is 1. The molecule has 3 aromatic rings. The van der Waals surface area contributed by atoms with Crippen LogP contribution in [0.5, 0.6) is 5.75 Å². The Labute approximate surface area is 165 Å². The van der Waals surface area contributed by atoms with Crippen molar-refractivity contribution in [2.75, 3.05) is 7.11 Å². The fourth-order valence-corrected chi connectivity index (χ4v) is 3.17. The van der Waals surface area contributed by atoms with E-state index in [2.05, 4.69) is 0 Å². The van der Waals surface area contributed by atoms with Crippen LogP contribution in [0.3, 0.4) is 0 Å². The minimum Gasteiger partial charge on any atom is -0.493 e. The number of carbonyl (C=O) groups is 1. The molecule has 0 saturated carbocycles. The number of benzene rings is 2. The van der Waals surface area contributed by atoms with Crippen LogP contribution in [0.2, 0.25) is 5.02 Å². The lowest BCUT2D eigenvalue weighted by Crippen LogP contribution is -2.09. The quantitative estimate of drug-likeness (QED) is 0.598. The molecule has 0 radical (unpaired) electrons. The molecule has 0 spiro atoms. The van der Waals surface area contributed by atoms with E-state index in [1.165, 1.54) is 25.3 Å². The summed E-state index contributed by atoms with van der Waals surface area (Å²) >= 11 is 6.14. The monoisotopic (exact) mass is 401 g/mol. The molecule has 1 heterocycles. The zero-order chi connectivity index (χ0) is 20.3. The molecule has 1 atom stereocenters. The van der Waals surface area contributed by atoms with Crippen molar-refractivity contribution in [3.05, 3.63) is 88.5 Å². The Morgan fingerprint density at radius 1 is 1.21 bits per heavy atom. The van der Waals surface area contributed by atoms with Gasteiger partial charge in [-0.05, 0) is 42.5 Å². The highest BCUT2D eigenvalue weighted by Gasteiger charge is 2.22. The minimum atomic E-state index is -1.22. The minimum absolute atomic E-state index is 0.0561. The van der Waals surface area contributed by atoms with E-state index in [0.29, 0.717) is 22.0 Å². The number of aliphatic hydroxyl groups is 1. The van der Waals surface area contributed by atoms with Crippen LogP contribution in [0.25, 0.3) is 11.8 Å². The van der Waals surface area contributed by atoms with Gasteiger partial charge in [-0.25, -0.2) is 9.18 Å². The Bertz CT molecular complexity index is 1040. The molecule has 1 unspecified atom stereocenters. The molecular weight excluding hydrogens is 385 g/mol. The van der Waals surface area contributed by atoms with Gasteiger partial charge in [-0.15, -0.1) is 0 Å². The second-order valence-electron chi connectivity index (χ2n) is 5.94. The van der Waals surface area contributed by atoms with Crippen LogP contribution in [0.15, 0.2) is 60.8 Å². The molecule has 0 aliphatic carbocycles. The number of hydrogen-bond acceptors (Lipinski definition) is 3. The number of aliphatic hydroxyl groups excluding tert-OH is 1. The number of nitrogens with zero attached hydrogens (tertiary/aromatic N) is 1. The second-order valence-corrected chi connectivity index (χ2v) is 6.38. The second kappa shape index (κ2) is 8.29. The largest absolute Gasteiger partial charge is 0.493 e. The van der Waals surface area contributed by atoms with E-state index < -0.39 is 17.9 Å². The summed E-state index contributed by atoms with van der Waals surface area (Å²) in [5, 5.41) is 20.3. The van der Waals surface area contributed by atoms with Crippen LogP contribution in [-0.4, -0.2) is 27.9 Å². The molecular formula is C21H17ClFNO4. The first-order valence-corrected chi connectivity index (χ1v) is 8.69. The maximum atomic E-state index is 14.1. The van der Waals surface area contributed by atoms with Crippen molar-refractivity contribution in [3.8, 4) is 11.4 Å². The summed E-state index contributed by atoms with van der Waals surface area (Å²) in [6.07, 6.45) is 2.96. The summed E-state index contributed by atoms with van der Waals surface area (Å²) in [4.78, 5) is 10.8. The third-order valence-corrected chi connectivity index (χ3v) is 4.45. The topological polar surface area (TPSA) is 71.7 Å². The average molecular weight is 402 g/mol. The van der Waals surface area contributed by atoms with Crippen LogP contribution in [-0.2, 0) is 4.79 Å². The van der Waals surface area contributed by atoms with Gasteiger partial charge in [0.05, 0.1) is 12.8 Å². The van der Waals surface area contributed by atoms with E-state index in [1.807, 2.05) is 0 Å². The zero-order valence-electron chi connectivity index (χ0n) is 14.8. The maximum Gasteiger partial charge on any atom is 0.328 e. The number of carboxylic acid groups (broad SMARTS) is 1. The first kappa shape index (κ1) is 19.7. The van der Waals surface area contributed by atoms with Crippen molar-refractivity contribution < 1.29 is 24.1 Å². The van der Waals surface area contributed by atoms with Gasteiger partial charge in [-0.2, -0.15) is 0 Å². The SMILES string of the molecule is COc1c(F)cccc1C(O)c1cc(Cl)ccc1-n1cccc1/C=C/C(=O)O. The Hall–Kier alpha value is -3.09. The highest BCUT2D eigenvalue weighted by molar-refractivity contribution is 6.30. The molecule has 7 heteroatoms. The van der Waals surface area contributed by atoms with E-state index >= 15 is 0 Å². The molecule has 0 amide bonds. The van der Waals surface area contributed by atoms with Crippen molar-refractivity contribution >= 4 is 23.6 Å². The number of methoxy groups -OCH3 is 1. The first-order chi connectivity index (χ1) is 13.4. The van der Waals surface area contributed by atoms with E-state index in [-0.39, 0.29) is 11.3 Å². The summed E-state index contributed by atoms with van der Waals surface area (Å²) in [6, 6.07) is 12.7. The van der Waals surface area contributed by atoms with Crippen molar-refractivity contribution in [1.29, 1.82) is 0 Å². The van der Waals surface area contributed by atoms with Gasteiger partial charge in [0, 0.05) is 34.1 Å². The third-order valence-electron chi connectivity index (χ3n) is 4.22. The zero-order valence-corrected chi connectivity index (χ0v) is 15.6. The predicted molar refractivity (Wildman–Crippen MR) is 104 cm³/mol. The molecule has 3 rings (SSSR count). The standard InChI is InChI=1S/C21H17ClFNO4/c1-28-21-15(5-2-6-17(21)23)20(27)16-12-13(22)7-9-18(16)24-11-3-4-14(24)8-10-19(25)26/h2-12,20,27H,1H3,(H,25,26)/b10-8+. The average Bonchev–Trinajstić information content (AvgIpc) is 3.14. The lowest BCUT2D eigenvalue weighted by Gasteiger charge is -2.20. The van der Waals surface area contributed by atoms with Crippen molar-refractivity contribution in [3.63, 3.8) is 0 Å². The highest BCUT2D eigenvalue weighted by atomic mass is 35.5. The maximum absolute atomic E-state index is 14.1. The Kier molecular flexibility index (Phi) is 5.82. The van der Waals surface area contributed by atoms with Gasteiger partial charge in [-0.3, -0.25) is 0 Å². The molecule has 0 aliphatic heterocycles. The van der Waals surface area contributed by atoms with Crippen LogP contribution in [0, 0.1) is 5.82 Å². The Morgan fingerprint density at radius 2 is 2.00 bits per heavy atom. The molecule has 2 N–H and O–H groups in total. The highest BCUT2D eigenvalue weighted by Crippen LogP contribution is 2.36. The lowest BCUT2D eigenvalue weighted by molar-refractivity contribution is -0.131. The number of halogens is 2. The Balaban J connectivity index is 2.15. The van der Waals surface area contributed by atoms with Crippen LogP contribution in [0.1, 0.15) is 22.9 Å². The molecule has 144 valence electrons. The van der Waals surface area contributed by atoms with Gasteiger partial charge in [0.15, 0.2) is 11.6 Å². The summed E-state index contributed by atoms with van der Waals surface area (Å²) < 4.78 is 20.9. The van der Waals surface area contributed by atoms with E-state index in [1.54, 1.807) is 47.2 Å². The van der Waals surface area contributed by atoms with Crippen LogP contribution < -0.4 is 4.74 Å². The van der Waals surface area contributed by atoms with Crippen LogP contribution in [0.4, 0.5) is 4.39 Å².